The van der Waals surface area contributed by atoms with E-state index in [-0.39, 0.29) is 16.7 Å². The van der Waals surface area contributed by atoms with Crippen molar-refractivity contribution in [1.29, 1.82) is 0 Å². The maximum atomic E-state index is 12.0. The zero-order valence-corrected chi connectivity index (χ0v) is 11.4. The molecule has 19 heavy (non-hydrogen) atoms. The standard InChI is InChI=1S/C13H13N3O2S/c1-7-3-4-9(12(14)19)6-10(7)15-13(17)11-5-8(2)16-18-11/h3-6H,1-2H3,(H2,14,19)(H,15,17). The minimum absolute atomic E-state index is 0.164. The maximum Gasteiger partial charge on any atom is 0.294 e. The lowest BCUT2D eigenvalue weighted by molar-refractivity contribution is 0.0988. The van der Waals surface area contributed by atoms with Crippen LogP contribution in [0.5, 0.6) is 0 Å². The SMILES string of the molecule is Cc1cc(C(=O)Nc2cc(C(N)=S)ccc2C)on1. The lowest BCUT2D eigenvalue weighted by atomic mass is 10.1. The largest absolute Gasteiger partial charge is 0.389 e. The molecule has 6 heteroatoms. The topological polar surface area (TPSA) is 81.2 Å². The van der Waals surface area contributed by atoms with Crippen molar-refractivity contribution in [3.63, 3.8) is 0 Å². The summed E-state index contributed by atoms with van der Waals surface area (Å²) in [5.74, 6) is -0.193. The number of benzene rings is 1. The van der Waals surface area contributed by atoms with E-state index in [0.717, 1.165) is 5.56 Å². The fourth-order valence-corrected chi connectivity index (χ4v) is 1.69. The van der Waals surface area contributed by atoms with E-state index in [1.54, 1.807) is 19.1 Å². The molecule has 0 saturated heterocycles. The van der Waals surface area contributed by atoms with Crippen LogP contribution in [0, 0.1) is 13.8 Å². The van der Waals surface area contributed by atoms with Gasteiger partial charge in [0.2, 0.25) is 5.76 Å². The average molecular weight is 275 g/mol. The molecule has 98 valence electrons. The number of nitrogens with zero attached hydrogens (tertiary/aromatic N) is 1. The molecule has 1 aromatic carbocycles. The molecule has 1 amide bonds. The molecular weight excluding hydrogens is 262 g/mol. The van der Waals surface area contributed by atoms with Gasteiger partial charge >= 0.3 is 0 Å². The Hall–Kier alpha value is -2.21. The number of nitrogens with one attached hydrogen (secondary N) is 1. The number of carbonyl (C=O) groups excluding carboxylic acids is 1. The van der Waals surface area contributed by atoms with E-state index in [2.05, 4.69) is 10.5 Å². The number of carbonyl (C=O) groups is 1. The van der Waals surface area contributed by atoms with Crippen molar-refractivity contribution in [3.8, 4) is 0 Å². The number of amides is 1. The van der Waals surface area contributed by atoms with Gasteiger partial charge in [0.1, 0.15) is 4.99 Å². The molecule has 5 nitrogen and oxygen atoms in total. The predicted molar refractivity (Wildman–Crippen MR) is 76.3 cm³/mol. The van der Waals surface area contributed by atoms with Crippen LogP contribution in [0.4, 0.5) is 5.69 Å². The van der Waals surface area contributed by atoms with E-state index in [9.17, 15) is 4.79 Å². The molecule has 2 rings (SSSR count). The van der Waals surface area contributed by atoms with Gasteiger partial charge in [-0.3, -0.25) is 4.79 Å². The van der Waals surface area contributed by atoms with Crippen LogP contribution in [0.2, 0.25) is 0 Å². The quantitative estimate of drug-likeness (QED) is 0.839. The highest BCUT2D eigenvalue weighted by Gasteiger charge is 2.13. The van der Waals surface area contributed by atoms with Crippen LogP contribution < -0.4 is 11.1 Å². The lowest BCUT2D eigenvalue weighted by Crippen LogP contribution is -2.14. The van der Waals surface area contributed by atoms with E-state index in [1.165, 1.54) is 0 Å². The molecule has 0 unspecified atom stereocenters. The van der Waals surface area contributed by atoms with Gasteiger partial charge in [-0.1, -0.05) is 29.5 Å². The van der Waals surface area contributed by atoms with Crippen molar-refractivity contribution in [2.75, 3.05) is 5.32 Å². The van der Waals surface area contributed by atoms with Crippen molar-refractivity contribution >= 4 is 28.8 Å². The third-order valence-electron chi connectivity index (χ3n) is 2.62. The minimum atomic E-state index is -0.358. The summed E-state index contributed by atoms with van der Waals surface area (Å²) >= 11 is 4.91. The van der Waals surface area contributed by atoms with Gasteiger partial charge in [-0.25, -0.2) is 0 Å². The van der Waals surface area contributed by atoms with Crippen LogP contribution >= 0.6 is 12.2 Å². The molecule has 3 N–H and O–H groups in total. The summed E-state index contributed by atoms with van der Waals surface area (Å²) < 4.78 is 4.90. The summed E-state index contributed by atoms with van der Waals surface area (Å²) in [6.07, 6.45) is 0. The maximum absolute atomic E-state index is 12.0. The summed E-state index contributed by atoms with van der Waals surface area (Å²) in [6.45, 7) is 3.63. The number of nitrogens with two attached hydrogens (primary N) is 1. The fraction of sp³-hybridized carbons (Fsp3) is 0.154. The van der Waals surface area contributed by atoms with E-state index in [0.29, 0.717) is 16.9 Å². The van der Waals surface area contributed by atoms with Gasteiger partial charge in [0, 0.05) is 17.3 Å². The number of hydrogen-bond donors (Lipinski definition) is 2. The Morgan fingerprint density at radius 3 is 2.68 bits per heavy atom. The van der Waals surface area contributed by atoms with Crippen molar-refractivity contribution < 1.29 is 9.32 Å². The second-order valence-electron chi connectivity index (χ2n) is 4.18. The van der Waals surface area contributed by atoms with E-state index in [4.69, 9.17) is 22.5 Å². The molecule has 0 saturated carbocycles. The summed E-state index contributed by atoms with van der Waals surface area (Å²) in [6, 6.07) is 6.96. The van der Waals surface area contributed by atoms with Crippen LogP contribution in [-0.2, 0) is 0 Å². The molecule has 2 aromatic rings. The highest BCUT2D eigenvalue weighted by atomic mass is 32.1. The van der Waals surface area contributed by atoms with Crippen molar-refractivity contribution in [3.05, 3.63) is 46.8 Å². The number of anilines is 1. The molecule has 0 aliphatic carbocycles. The van der Waals surface area contributed by atoms with Gasteiger partial charge in [0.25, 0.3) is 5.91 Å². The number of hydrogen-bond acceptors (Lipinski definition) is 4. The van der Waals surface area contributed by atoms with Gasteiger partial charge in [0.15, 0.2) is 0 Å². The summed E-state index contributed by atoms with van der Waals surface area (Å²) in [5, 5.41) is 6.42. The first kappa shape index (κ1) is 13.2. The van der Waals surface area contributed by atoms with Crippen LogP contribution in [0.3, 0.4) is 0 Å². The molecule has 0 spiro atoms. The van der Waals surface area contributed by atoms with E-state index < -0.39 is 0 Å². The number of thiocarbonyl (C=S) groups is 1. The highest BCUT2D eigenvalue weighted by Crippen LogP contribution is 2.18. The van der Waals surface area contributed by atoms with Crippen LogP contribution in [0.15, 0.2) is 28.8 Å². The molecule has 0 bridgehead atoms. The average Bonchev–Trinajstić information content (AvgIpc) is 2.78. The molecule has 0 radical (unpaired) electrons. The Bertz CT molecular complexity index is 649. The number of aryl methyl sites for hydroxylation is 2. The first-order valence-electron chi connectivity index (χ1n) is 5.62. The Kier molecular flexibility index (Phi) is 3.62. The molecule has 0 fully saturated rings. The van der Waals surface area contributed by atoms with Gasteiger partial charge in [-0.2, -0.15) is 0 Å². The lowest BCUT2D eigenvalue weighted by Gasteiger charge is -2.08. The van der Waals surface area contributed by atoms with Crippen molar-refractivity contribution in [2.45, 2.75) is 13.8 Å². The smallest absolute Gasteiger partial charge is 0.294 e. The predicted octanol–water partition coefficient (Wildman–Crippen LogP) is 2.18. The Morgan fingerprint density at radius 2 is 2.11 bits per heavy atom. The van der Waals surface area contributed by atoms with Crippen LogP contribution in [0.25, 0.3) is 0 Å². The van der Waals surface area contributed by atoms with Gasteiger partial charge in [0.05, 0.1) is 5.69 Å². The van der Waals surface area contributed by atoms with Gasteiger partial charge in [-0.05, 0) is 25.5 Å². The monoisotopic (exact) mass is 275 g/mol. The summed E-state index contributed by atoms with van der Waals surface area (Å²) in [5.41, 5.74) is 8.47. The Balaban J connectivity index is 2.25. The number of aromatic nitrogens is 1. The van der Waals surface area contributed by atoms with Gasteiger partial charge < -0.3 is 15.6 Å². The highest BCUT2D eigenvalue weighted by molar-refractivity contribution is 7.80. The molecular formula is C13H13N3O2S. The fourth-order valence-electron chi connectivity index (χ4n) is 1.56. The van der Waals surface area contributed by atoms with Crippen LogP contribution in [0.1, 0.15) is 27.4 Å². The summed E-state index contributed by atoms with van der Waals surface area (Å²) in [7, 11) is 0. The first-order chi connectivity index (χ1) is 8.97. The molecule has 0 atom stereocenters. The van der Waals surface area contributed by atoms with E-state index in [1.807, 2.05) is 19.1 Å². The molecule has 0 aliphatic rings. The van der Waals surface area contributed by atoms with Crippen molar-refractivity contribution in [1.82, 2.24) is 5.16 Å². The first-order valence-corrected chi connectivity index (χ1v) is 6.03. The number of rotatable bonds is 3. The minimum Gasteiger partial charge on any atom is -0.389 e. The molecule has 1 aromatic heterocycles. The van der Waals surface area contributed by atoms with E-state index >= 15 is 0 Å². The zero-order valence-electron chi connectivity index (χ0n) is 10.6. The summed E-state index contributed by atoms with van der Waals surface area (Å²) in [4.78, 5) is 12.2. The van der Waals surface area contributed by atoms with Crippen LogP contribution in [-0.4, -0.2) is 16.1 Å². The molecule has 0 aliphatic heterocycles. The Morgan fingerprint density at radius 1 is 1.37 bits per heavy atom. The second kappa shape index (κ2) is 5.19. The van der Waals surface area contributed by atoms with Gasteiger partial charge in [-0.15, -0.1) is 0 Å². The Labute approximate surface area is 115 Å². The third kappa shape index (κ3) is 2.97. The molecule has 1 heterocycles. The normalized spacial score (nSPS) is 10.2. The second-order valence-corrected chi connectivity index (χ2v) is 4.62. The third-order valence-corrected chi connectivity index (χ3v) is 2.86. The zero-order chi connectivity index (χ0) is 14.0. The van der Waals surface area contributed by atoms with Crippen molar-refractivity contribution in [2.24, 2.45) is 5.73 Å².